The van der Waals surface area contributed by atoms with E-state index in [1.807, 2.05) is 0 Å². The van der Waals surface area contributed by atoms with Crippen molar-refractivity contribution in [1.82, 2.24) is 0 Å². The molecule has 10 aromatic carbocycles. The summed E-state index contributed by atoms with van der Waals surface area (Å²) in [7, 11) is 0. The van der Waals surface area contributed by atoms with Crippen molar-refractivity contribution in [2.45, 2.75) is 38.5 Å². The van der Waals surface area contributed by atoms with Gasteiger partial charge < -0.3 is 4.90 Å². The van der Waals surface area contributed by atoms with Crippen molar-refractivity contribution in [3.8, 4) is 66.8 Å². The second-order valence-electron chi connectivity index (χ2n) is 18.9. The predicted octanol–water partition coefficient (Wildman–Crippen LogP) is 17.6. The van der Waals surface area contributed by atoms with Gasteiger partial charge in [-0.15, -0.1) is 0 Å². The maximum absolute atomic E-state index is 2.49. The summed E-state index contributed by atoms with van der Waals surface area (Å²) in [6, 6.07) is 83.3. The van der Waals surface area contributed by atoms with Gasteiger partial charge in [0.1, 0.15) is 0 Å². The van der Waals surface area contributed by atoms with Crippen LogP contribution in [0.15, 0.2) is 224 Å². The lowest BCUT2D eigenvalue weighted by molar-refractivity contribution is 0.660. The maximum atomic E-state index is 2.49. The fourth-order valence-electron chi connectivity index (χ4n) is 11.3. The number of para-hydroxylation sites is 1. The Kier molecular flexibility index (Phi) is 8.94. The summed E-state index contributed by atoms with van der Waals surface area (Å²) in [6.45, 7) is 9.49. The third-order valence-corrected chi connectivity index (χ3v) is 14.5. The van der Waals surface area contributed by atoms with E-state index in [0.29, 0.717) is 0 Å². The highest BCUT2D eigenvalue weighted by Crippen LogP contribution is 2.54. The largest absolute Gasteiger partial charge is 0.309 e. The molecule has 0 saturated heterocycles. The summed E-state index contributed by atoms with van der Waals surface area (Å²) in [4.78, 5) is 2.49. The van der Waals surface area contributed by atoms with Gasteiger partial charge in [0.15, 0.2) is 0 Å². The zero-order chi connectivity index (χ0) is 43.9. The van der Waals surface area contributed by atoms with Crippen LogP contribution >= 0.6 is 0 Å². The molecule has 0 heterocycles. The highest BCUT2D eigenvalue weighted by molar-refractivity contribution is 6.03. The number of hydrogen-bond donors (Lipinski definition) is 0. The van der Waals surface area contributed by atoms with E-state index in [2.05, 4.69) is 257 Å². The first-order chi connectivity index (χ1) is 31.8. The third-order valence-electron chi connectivity index (χ3n) is 14.5. The van der Waals surface area contributed by atoms with Crippen molar-refractivity contribution < 1.29 is 0 Å². The van der Waals surface area contributed by atoms with E-state index >= 15 is 0 Å². The van der Waals surface area contributed by atoms with Crippen LogP contribution in [0.3, 0.4) is 0 Å². The third kappa shape index (κ3) is 6.14. The van der Waals surface area contributed by atoms with Crippen molar-refractivity contribution in [3.05, 3.63) is 247 Å². The quantitative estimate of drug-likeness (QED) is 0.155. The lowest BCUT2D eigenvalue weighted by atomic mass is 9.78. The average Bonchev–Trinajstić information content (AvgIpc) is 3.74. The van der Waals surface area contributed by atoms with E-state index in [1.165, 1.54) is 99.8 Å². The number of hydrogen-bond acceptors (Lipinski definition) is 1. The molecule has 12 rings (SSSR count). The minimum Gasteiger partial charge on any atom is -0.309 e. The molecular weight excluding hydrogens is 783 g/mol. The summed E-state index contributed by atoms with van der Waals surface area (Å²) in [6.07, 6.45) is 0. The standard InChI is InChI=1S/C64H49N/c1-63(2)57-28-13-10-24-51(57)53-39-36-46(41-59(53)63)49-22-12-15-30-60(49)65(61-31-16-20-43-32-33-45(40-56(43)61)42-18-6-5-7-19-42)47-37-34-44(35-38-47)48-21-8-9-23-50(48)54-26-17-27-55-52-25-11-14-29-58(52)64(3,4)62(54)55/h5-41H,1-4H3. The number of nitrogens with zero attached hydrogens (tertiary/aromatic N) is 1. The number of rotatable bonds is 7. The van der Waals surface area contributed by atoms with E-state index in [0.717, 1.165) is 17.1 Å². The molecule has 0 bridgehead atoms. The van der Waals surface area contributed by atoms with Gasteiger partial charge in [-0.3, -0.25) is 0 Å². The van der Waals surface area contributed by atoms with E-state index in [1.54, 1.807) is 0 Å². The summed E-state index contributed by atoms with van der Waals surface area (Å²) in [5.74, 6) is 0. The fourth-order valence-corrected chi connectivity index (χ4v) is 11.3. The van der Waals surface area contributed by atoms with Gasteiger partial charge in [-0.25, -0.2) is 0 Å². The van der Waals surface area contributed by atoms with Crippen molar-refractivity contribution >= 4 is 27.8 Å². The lowest BCUT2D eigenvalue weighted by Crippen LogP contribution is -2.16. The SMILES string of the molecule is CC1(C)c2ccccc2-c2ccc(-c3ccccc3N(c3ccc(-c4ccccc4-c4cccc5c4C(C)(C)c4ccccc4-5)cc3)c3cccc4ccc(-c5ccccc5)cc34)cc21. The molecule has 0 aliphatic heterocycles. The molecule has 310 valence electrons. The van der Waals surface area contributed by atoms with Gasteiger partial charge in [-0.1, -0.05) is 216 Å². The van der Waals surface area contributed by atoms with E-state index < -0.39 is 0 Å². The zero-order valence-electron chi connectivity index (χ0n) is 37.3. The average molecular weight is 832 g/mol. The van der Waals surface area contributed by atoms with Crippen molar-refractivity contribution in [3.63, 3.8) is 0 Å². The number of fused-ring (bicyclic) bond motifs is 7. The highest BCUT2D eigenvalue weighted by atomic mass is 15.1. The molecule has 0 radical (unpaired) electrons. The maximum Gasteiger partial charge on any atom is 0.0540 e. The first kappa shape index (κ1) is 38.9. The molecule has 0 aromatic heterocycles. The molecule has 1 heteroatoms. The van der Waals surface area contributed by atoms with Crippen LogP contribution in [-0.2, 0) is 10.8 Å². The molecule has 0 fully saturated rings. The Morgan fingerprint density at radius 3 is 1.57 bits per heavy atom. The summed E-state index contributed by atoms with van der Waals surface area (Å²) >= 11 is 0. The molecule has 0 amide bonds. The molecule has 2 aliphatic rings. The van der Waals surface area contributed by atoms with Gasteiger partial charge >= 0.3 is 0 Å². The number of benzene rings is 10. The first-order valence-electron chi connectivity index (χ1n) is 22.9. The van der Waals surface area contributed by atoms with Gasteiger partial charge in [-0.2, -0.15) is 0 Å². The molecule has 10 aromatic rings. The van der Waals surface area contributed by atoms with E-state index in [9.17, 15) is 0 Å². The molecular formula is C64H49N. The highest BCUT2D eigenvalue weighted by Gasteiger charge is 2.38. The topological polar surface area (TPSA) is 3.24 Å². The second kappa shape index (κ2) is 14.9. The van der Waals surface area contributed by atoms with Gasteiger partial charge in [0.05, 0.1) is 11.4 Å². The summed E-state index contributed by atoms with van der Waals surface area (Å²) in [5.41, 5.74) is 23.8. The van der Waals surface area contributed by atoms with Crippen LogP contribution < -0.4 is 4.90 Å². The molecule has 2 aliphatic carbocycles. The fraction of sp³-hybridized carbons (Fsp3) is 0.0938. The van der Waals surface area contributed by atoms with Gasteiger partial charge in [0.25, 0.3) is 0 Å². The normalized spacial score (nSPS) is 13.8. The van der Waals surface area contributed by atoms with Crippen molar-refractivity contribution in [2.75, 3.05) is 4.90 Å². The van der Waals surface area contributed by atoms with Crippen LogP contribution in [-0.4, -0.2) is 0 Å². The van der Waals surface area contributed by atoms with Crippen LogP contribution in [0.4, 0.5) is 17.1 Å². The molecule has 0 saturated carbocycles. The van der Waals surface area contributed by atoms with Crippen LogP contribution in [0.2, 0.25) is 0 Å². The predicted molar refractivity (Wildman–Crippen MR) is 276 cm³/mol. The van der Waals surface area contributed by atoms with Gasteiger partial charge in [-0.05, 0) is 125 Å². The first-order valence-corrected chi connectivity index (χ1v) is 22.9. The van der Waals surface area contributed by atoms with Crippen LogP contribution in [0, 0.1) is 0 Å². The molecule has 0 N–H and O–H groups in total. The Bertz CT molecular complexity index is 3480. The Balaban J connectivity index is 1.02. The Morgan fingerprint density at radius 1 is 0.292 bits per heavy atom. The molecule has 0 spiro atoms. The van der Waals surface area contributed by atoms with Crippen molar-refractivity contribution in [2.24, 2.45) is 0 Å². The molecule has 0 atom stereocenters. The Labute approximate surface area is 383 Å². The monoisotopic (exact) mass is 831 g/mol. The number of anilines is 3. The Hall–Kier alpha value is -7.74. The van der Waals surface area contributed by atoms with Crippen LogP contribution in [0.5, 0.6) is 0 Å². The van der Waals surface area contributed by atoms with E-state index in [-0.39, 0.29) is 10.8 Å². The minimum absolute atomic E-state index is 0.105. The van der Waals surface area contributed by atoms with Crippen LogP contribution in [0.1, 0.15) is 49.9 Å². The minimum atomic E-state index is -0.120. The lowest BCUT2D eigenvalue weighted by Gasteiger charge is -2.30. The Morgan fingerprint density at radius 2 is 0.815 bits per heavy atom. The van der Waals surface area contributed by atoms with Gasteiger partial charge in [0.2, 0.25) is 0 Å². The van der Waals surface area contributed by atoms with E-state index in [4.69, 9.17) is 0 Å². The van der Waals surface area contributed by atoms with Gasteiger partial charge in [0, 0.05) is 27.5 Å². The summed E-state index contributed by atoms with van der Waals surface area (Å²) < 4.78 is 0. The smallest absolute Gasteiger partial charge is 0.0540 e. The van der Waals surface area contributed by atoms with Crippen molar-refractivity contribution in [1.29, 1.82) is 0 Å². The molecule has 1 nitrogen and oxygen atoms in total. The molecule has 65 heavy (non-hydrogen) atoms. The summed E-state index contributed by atoms with van der Waals surface area (Å²) in [5, 5.41) is 2.40. The molecule has 0 unspecified atom stereocenters. The van der Waals surface area contributed by atoms with Crippen LogP contribution in [0.25, 0.3) is 77.5 Å². The zero-order valence-corrected chi connectivity index (χ0v) is 37.3. The second-order valence-corrected chi connectivity index (χ2v) is 18.9.